The number of carbonyl (C=O) groups is 2. The first-order valence-corrected chi connectivity index (χ1v) is 6.69. The van der Waals surface area contributed by atoms with Crippen molar-refractivity contribution in [3.05, 3.63) is 54.6 Å². The number of anilines is 3. The molecule has 0 aliphatic heterocycles. The molecule has 0 heterocycles. The second-order valence-corrected chi connectivity index (χ2v) is 4.74. The lowest BCUT2D eigenvalue weighted by atomic mass is 10.3. The Hall–Kier alpha value is -2.47. The van der Waals surface area contributed by atoms with Crippen molar-refractivity contribution in [2.45, 2.75) is 6.92 Å². The van der Waals surface area contributed by atoms with Gasteiger partial charge in [0, 0.05) is 18.3 Å². The third kappa shape index (κ3) is 4.25. The minimum atomic E-state index is -0.364. The molecular weight excluding hydrogens is 286 g/mol. The highest BCUT2D eigenvalue weighted by Gasteiger charge is 2.12. The van der Waals surface area contributed by atoms with E-state index in [1.54, 1.807) is 36.4 Å². The standard InChI is InChI=1S/C15H15N3O2S/c1-11(19)16-13-7-9-14(10-8-13)18(21)15(20)17-12-5-3-2-4-6-12/h2-10,21H,1H3,(H,16,19)(H,17,20). The Labute approximate surface area is 128 Å². The Morgan fingerprint density at radius 2 is 1.48 bits per heavy atom. The monoisotopic (exact) mass is 301 g/mol. The van der Waals surface area contributed by atoms with Gasteiger partial charge in [0.2, 0.25) is 5.91 Å². The molecule has 0 aliphatic rings. The normalized spacial score (nSPS) is 9.81. The van der Waals surface area contributed by atoms with Crippen LogP contribution in [0.4, 0.5) is 21.9 Å². The van der Waals surface area contributed by atoms with Crippen LogP contribution in [0.3, 0.4) is 0 Å². The van der Waals surface area contributed by atoms with Crippen molar-refractivity contribution in [1.82, 2.24) is 0 Å². The van der Waals surface area contributed by atoms with Crippen molar-refractivity contribution in [2.75, 3.05) is 14.9 Å². The molecule has 0 radical (unpaired) electrons. The largest absolute Gasteiger partial charge is 0.336 e. The zero-order chi connectivity index (χ0) is 15.2. The lowest BCUT2D eigenvalue weighted by Crippen LogP contribution is -2.26. The van der Waals surface area contributed by atoms with Crippen molar-refractivity contribution in [3.8, 4) is 0 Å². The molecule has 0 saturated heterocycles. The van der Waals surface area contributed by atoms with Gasteiger partial charge in [0.25, 0.3) is 0 Å². The van der Waals surface area contributed by atoms with E-state index in [2.05, 4.69) is 23.4 Å². The van der Waals surface area contributed by atoms with Crippen LogP contribution in [-0.2, 0) is 4.79 Å². The Morgan fingerprint density at radius 3 is 2.05 bits per heavy atom. The Morgan fingerprint density at radius 1 is 0.905 bits per heavy atom. The van der Waals surface area contributed by atoms with E-state index in [1.807, 2.05) is 18.2 Å². The fourth-order valence-electron chi connectivity index (χ4n) is 1.70. The van der Waals surface area contributed by atoms with Gasteiger partial charge in [-0.2, -0.15) is 0 Å². The maximum Gasteiger partial charge on any atom is 0.336 e. The first-order chi connectivity index (χ1) is 10.1. The van der Waals surface area contributed by atoms with Crippen LogP contribution in [0.2, 0.25) is 0 Å². The molecule has 2 aromatic carbocycles. The molecule has 0 spiro atoms. The van der Waals surface area contributed by atoms with E-state index in [0.717, 1.165) is 0 Å². The first-order valence-electron chi connectivity index (χ1n) is 6.29. The van der Waals surface area contributed by atoms with Gasteiger partial charge in [-0.3, -0.25) is 4.79 Å². The SMILES string of the molecule is CC(=O)Nc1ccc(N(S)C(=O)Nc2ccccc2)cc1. The van der Waals surface area contributed by atoms with Gasteiger partial charge in [-0.15, -0.1) is 0 Å². The molecule has 0 unspecified atom stereocenters. The lowest BCUT2D eigenvalue weighted by Gasteiger charge is -2.17. The fraction of sp³-hybridized carbons (Fsp3) is 0.0667. The van der Waals surface area contributed by atoms with Crippen molar-refractivity contribution in [1.29, 1.82) is 0 Å². The van der Waals surface area contributed by atoms with E-state index in [9.17, 15) is 9.59 Å². The summed E-state index contributed by atoms with van der Waals surface area (Å²) in [5, 5.41) is 5.38. The van der Waals surface area contributed by atoms with E-state index in [-0.39, 0.29) is 11.9 Å². The molecule has 0 bridgehead atoms. The van der Waals surface area contributed by atoms with Gasteiger partial charge in [-0.05, 0) is 36.4 Å². The Balaban J connectivity index is 2.03. The zero-order valence-electron chi connectivity index (χ0n) is 11.4. The number of para-hydroxylation sites is 1. The average molecular weight is 301 g/mol. The summed E-state index contributed by atoms with van der Waals surface area (Å²) in [6, 6.07) is 15.6. The smallest absolute Gasteiger partial charge is 0.326 e. The quantitative estimate of drug-likeness (QED) is 0.760. The number of hydrogen-bond donors (Lipinski definition) is 3. The number of nitrogens with zero attached hydrogens (tertiary/aromatic N) is 1. The number of thiol groups is 1. The summed E-state index contributed by atoms with van der Waals surface area (Å²) < 4.78 is 1.20. The summed E-state index contributed by atoms with van der Waals surface area (Å²) in [6.45, 7) is 1.44. The number of amides is 3. The summed E-state index contributed by atoms with van der Waals surface area (Å²) >= 11 is 4.18. The van der Waals surface area contributed by atoms with Crippen molar-refractivity contribution >= 4 is 41.8 Å². The van der Waals surface area contributed by atoms with E-state index >= 15 is 0 Å². The van der Waals surface area contributed by atoms with Crippen LogP contribution in [0.1, 0.15) is 6.92 Å². The zero-order valence-corrected chi connectivity index (χ0v) is 12.3. The number of benzene rings is 2. The first kappa shape index (κ1) is 14.9. The van der Waals surface area contributed by atoms with E-state index < -0.39 is 0 Å². The second kappa shape index (κ2) is 6.81. The predicted octanol–water partition coefficient (Wildman–Crippen LogP) is 3.53. The third-order valence-electron chi connectivity index (χ3n) is 2.65. The van der Waals surface area contributed by atoms with Gasteiger partial charge in [-0.25, -0.2) is 9.10 Å². The average Bonchev–Trinajstić information content (AvgIpc) is 2.47. The molecule has 21 heavy (non-hydrogen) atoms. The van der Waals surface area contributed by atoms with E-state index in [0.29, 0.717) is 17.1 Å². The number of hydrogen-bond acceptors (Lipinski definition) is 3. The minimum absolute atomic E-state index is 0.146. The van der Waals surface area contributed by atoms with Crippen LogP contribution in [-0.4, -0.2) is 11.9 Å². The molecule has 0 atom stereocenters. The highest BCUT2D eigenvalue weighted by atomic mass is 32.1. The molecule has 2 N–H and O–H groups in total. The van der Waals surface area contributed by atoms with Crippen LogP contribution in [0.25, 0.3) is 0 Å². The van der Waals surface area contributed by atoms with Gasteiger partial charge in [0.15, 0.2) is 0 Å². The maximum absolute atomic E-state index is 12.0. The summed E-state index contributed by atoms with van der Waals surface area (Å²) in [5.41, 5.74) is 1.95. The van der Waals surface area contributed by atoms with Crippen molar-refractivity contribution in [2.24, 2.45) is 0 Å². The molecule has 5 nitrogen and oxygen atoms in total. The van der Waals surface area contributed by atoms with Crippen molar-refractivity contribution < 1.29 is 9.59 Å². The Kier molecular flexibility index (Phi) is 4.84. The molecule has 6 heteroatoms. The van der Waals surface area contributed by atoms with Gasteiger partial charge in [-0.1, -0.05) is 31.0 Å². The van der Waals surface area contributed by atoms with Crippen LogP contribution < -0.4 is 14.9 Å². The topological polar surface area (TPSA) is 61.4 Å². The van der Waals surface area contributed by atoms with E-state index in [1.165, 1.54) is 11.2 Å². The highest BCUT2D eigenvalue weighted by Crippen LogP contribution is 2.20. The summed E-state index contributed by atoms with van der Waals surface area (Å²) in [4.78, 5) is 23.0. The predicted molar refractivity (Wildman–Crippen MR) is 87.7 cm³/mol. The molecule has 3 amide bonds. The number of urea groups is 1. The van der Waals surface area contributed by atoms with Crippen LogP contribution in [0.15, 0.2) is 54.6 Å². The maximum atomic E-state index is 12.0. The second-order valence-electron chi connectivity index (χ2n) is 4.34. The summed E-state index contributed by atoms with van der Waals surface area (Å²) in [7, 11) is 0. The molecule has 108 valence electrons. The molecule has 2 aromatic rings. The number of carbonyl (C=O) groups excluding carboxylic acids is 2. The fourth-order valence-corrected chi connectivity index (χ4v) is 1.89. The molecule has 0 aromatic heterocycles. The summed E-state index contributed by atoms with van der Waals surface area (Å²) in [5.74, 6) is -0.146. The van der Waals surface area contributed by atoms with E-state index in [4.69, 9.17) is 0 Å². The lowest BCUT2D eigenvalue weighted by molar-refractivity contribution is -0.114. The number of rotatable bonds is 3. The minimum Gasteiger partial charge on any atom is -0.326 e. The van der Waals surface area contributed by atoms with Gasteiger partial charge in [0.05, 0.1) is 5.69 Å². The molecular formula is C15H15N3O2S. The molecule has 0 fully saturated rings. The third-order valence-corrected chi connectivity index (χ3v) is 3.06. The molecule has 0 saturated carbocycles. The van der Waals surface area contributed by atoms with Crippen LogP contribution >= 0.6 is 12.8 Å². The van der Waals surface area contributed by atoms with Gasteiger partial charge in [0.1, 0.15) is 0 Å². The summed E-state index contributed by atoms with van der Waals surface area (Å²) in [6.07, 6.45) is 0. The molecule has 0 aliphatic carbocycles. The van der Waals surface area contributed by atoms with Gasteiger partial charge >= 0.3 is 6.03 Å². The van der Waals surface area contributed by atoms with Gasteiger partial charge < -0.3 is 10.6 Å². The van der Waals surface area contributed by atoms with Crippen LogP contribution in [0, 0.1) is 0 Å². The highest BCUT2D eigenvalue weighted by molar-refractivity contribution is 7.82. The Bertz CT molecular complexity index is 629. The van der Waals surface area contributed by atoms with Crippen LogP contribution in [0.5, 0.6) is 0 Å². The molecule has 2 rings (SSSR count). The van der Waals surface area contributed by atoms with Crippen molar-refractivity contribution in [3.63, 3.8) is 0 Å². The number of nitrogens with one attached hydrogen (secondary N) is 2.